The highest BCUT2D eigenvalue weighted by Crippen LogP contribution is 2.10. The van der Waals surface area contributed by atoms with Gasteiger partial charge in [-0.15, -0.1) is 11.6 Å². The summed E-state index contributed by atoms with van der Waals surface area (Å²) in [5, 5.41) is 4.29. The lowest BCUT2D eigenvalue weighted by Crippen LogP contribution is -2.39. The molecular formula is C12H20ClN3O. The van der Waals surface area contributed by atoms with Crippen LogP contribution in [0.2, 0.25) is 0 Å². The number of halogens is 1. The summed E-state index contributed by atoms with van der Waals surface area (Å²) in [5.74, 6) is 0.450. The Labute approximate surface area is 108 Å². The fourth-order valence-electron chi connectivity index (χ4n) is 1.79. The van der Waals surface area contributed by atoms with Gasteiger partial charge < -0.3 is 4.90 Å². The van der Waals surface area contributed by atoms with E-state index in [0.717, 1.165) is 5.69 Å². The Bertz CT molecular complexity index is 387. The average molecular weight is 258 g/mol. The molecular weight excluding hydrogens is 238 g/mol. The molecule has 0 aliphatic heterocycles. The summed E-state index contributed by atoms with van der Waals surface area (Å²) in [5.41, 5.74) is 1.51. The molecule has 1 amide bonds. The lowest BCUT2D eigenvalue weighted by atomic mass is 10.2. The SMILES string of the molecule is CCn1nc(C)cc1C(=O)N(CCCl)C(C)C. The maximum absolute atomic E-state index is 12.4. The van der Waals surface area contributed by atoms with E-state index in [1.54, 1.807) is 9.58 Å². The van der Waals surface area contributed by atoms with Gasteiger partial charge in [0.25, 0.3) is 5.91 Å². The second kappa shape index (κ2) is 6.05. The van der Waals surface area contributed by atoms with Gasteiger partial charge in [0, 0.05) is 25.0 Å². The molecule has 0 N–H and O–H groups in total. The minimum Gasteiger partial charge on any atom is -0.334 e. The Balaban J connectivity index is 3.00. The Kier molecular flexibility index (Phi) is 5.00. The largest absolute Gasteiger partial charge is 0.334 e. The first-order valence-corrected chi connectivity index (χ1v) is 6.46. The zero-order valence-corrected chi connectivity index (χ0v) is 11.7. The standard InChI is InChI=1S/C12H20ClN3O/c1-5-16-11(8-10(4)14-16)12(17)15(7-6-13)9(2)3/h8-9H,5-7H2,1-4H3. The summed E-state index contributed by atoms with van der Waals surface area (Å²) in [6.45, 7) is 9.11. The van der Waals surface area contributed by atoms with Crippen molar-refractivity contribution in [1.29, 1.82) is 0 Å². The molecule has 96 valence electrons. The zero-order chi connectivity index (χ0) is 13.0. The van der Waals surface area contributed by atoms with Crippen molar-refractivity contribution >= 4 is 17.5 Å². The van der Waals surface area contributed by atoms with Crippen LogP contribution in [0.15, 0.2) is 6.07 Å². The summed E-state index contributed by atoms with van der Waals surface area (Å²) in [7, 11) is 0. The van der Waals surface area contributed by atoms with Crippen LogP contribution < -0.4 is 0 Å². The quantitative estimate of drug-likeness (QED) is 0.760. The van der Waals surface area contributed by atoms with E-state index < -0.39 is 0 Å². The number of nitrogens with zero attached hydrogens (tertiary/aromatic N) is 3. The second-order valence-electron chi connectivity index (χ2n) is 4.27. The highest BCUT2D eigenvalue weighted by molar-refractivity contribution is 6.18. The van der Waals surface area contributed by atoms with E-state index in [1.807, 2.05) is 33.8 Å². The van der Waals surface area contributed by atoms with E-state index in [-0.39, 0.29) is 11.9 Å². The molecule has 1 aromatic rings. The van der Waals surface area contributed by atoms with Gasteiger partial charge in [0.2, 0.25) is 0 Å². The van der Waals surface area contributed by atoms with Crippen molar-refractivity contribution in [1.82, 2.24) is 14.7 Å². The molecule has 0 aliphatic carbocycles. The molecule has 0 bridgehead atoms. The van der Waals surface area contributed by atoms with Crippen LogP contribution in [0.5, 0.6) is 0 Å². The summed E-state index contributed by atoms with van der Waals surface area (Å²) < 4.78 is 1.74. The summed E-state index contributed by atoms with van der Waals surface area (Å²) >= 11 is 5.73. The summed E-state index contributed by atoms with van der Waals surface area (Å²) in [4.78, 5) is 14.1. The van der Waals surface area contributed by atoms with Crippen molar-refractivity contribution < 1.29 is 4.79 Å². The number of amides is 1. The van der Waals surface area contributed by atoms with Crippen LogP contribution in [0, 0.1) is 6.92 Å². The topological polar surface area (TPSA) is 38.1 Å². The highest BCUT2D eigenvalue weighted by Gasteiger charge is 2.21. The molecule has 0 radical (unpaired) electrons. The molecule has 0 unspecified atom stereocenters. The molecule has 0 spiro atoms. The van der Waals surface area contributed by atoms with Crippen molar-refractivity contribution in [3.63, 3.8) is 0 Å². The van der Waals surface area contributed by atoms with Crippen LogP contribution in [-0.2, 0) is 6.54 Å². The number of carbonyl (C=O) groups excluding carboxylic acids is 1. The Morgan fingerprint density at radius 1 is 1.59 bits per heavy atom. The van der Waals surface area contributed by atoms with Gasteiger partial charge in [-0.2, -0.15) is 5.10 Å². The molecule has 1 aromatic heterocycles. The molecule has 1 rings (SSSR count). The fourth-order valence-corrected chi connectivity index (χ4v) is 1.97. The van der Waals surface area contributed by atoms with E-state index in [9.17, 15) is 4.79 Å². The second-order valence-corrected chi connectivity index (χ2v) is 4.65. The average Bonchev–Trinajstić information content (AvgIpc) is 2.66. The molecule has 4 nitrogen and oxygen atoms in total. The Morgan fingerprint density at radius 3 is 2.71 bits per heavy atom. The number of hydrogen-bond acceptors (Lipinski definition) is 2. The van der Waals surface area contributed by atoms with Gasteiger partial charge in [0.1, 0.15) is 5.69 Å². The van der Waals surface area contributed by atoms with Gasteiger partial charge in [-0.25, -0.2) is 0 Å². The first-order valence-electron chi connectivity index (χ1n) is 5.92. The number of rotatable bonds is 5. The lowest BCUT2D eigenvalue weighted by molar-refractivity contribution is 0.0705. The smallest absolute Gasteiger partial charge is 0.272 e. The predicted molar refractivity (Wildman–Crippen MR) is 69.5 cm³/mol. The molecule has 5 heteroatoms. The molecule has 0 aliphatic rings. The maximum atomic E-state index is 12.4. The van der Waals surface area contributed by atoms with E-state index in [2.05, 4.69) is 5.10 Å². The van der Waals surface area contributed by atoms with Crippen molar-refractivity contribution in [2.24, 2.45) is 0 Å². The minimum atomic E-state index is 0.00287. The van der Waals surface area contributed by atoms with Crippen LogP contribution >= 0.6 is 11.6 Å². The van der Waals surface area contributed by atoms with E-state index in [1.165, 1.54) is 0 Å². The van der Waals surface area contributed by atoms with Gasteiger partial charge in [0.15, 0.2) is 0 Å². The van der Waals surface area contributed by atoms with Crippen LogP contribution in [-0.4, -0.2) is 39.1 Å². The predicted octanol–water partition coefficient (Wildman–Crippen LogP) is 2.30. The minimum absolute atomic E-state index is 0.00287. The number of aromatic nitrogens is 2. The van der Waals surface area contributed by atoms with Crippen LogP contribution in [0.4, 0.5) is 0 Å². The van der Waals surface area contributed by atoms with Crippen LogP contribution in [0.25, 0.3) is 0 Å². The molecule has 0 atom stereocenters. The van der Waals surface area contributed by atoms with Gasteiger partial charge in [-0.3, -0.25) is 9.48 Å². The maximum Gasteiger partial charge on any atom is 0.272 e. The van der Waals surface area contributed by atoms with E-state index >= 15 is 0 Å². The molecule has 0 saturated heterocycles. The highest BCUT2D eigenvalue weighted by atomic mass is 35.5. The third-order valence-corrected chi connectivity index (χ3v) is 2.80. The monoisotopic (exact) mass is 257 g/mol. The first-order chi connectivity index (χ1) is 8.01. The number of carbonyl (C=O) groups is 1. The van der Waals surface area contributed by atoms with E-state index in [0.29, 0.717) is 24.7 Å². The molecule has 0 saturated carbocycles. The van der Waals surface area contributed by atoms with Crippen LogP contribution in [0.3, 0.4) is 0 Å². The molecule has 0 aromatic carbocycles. The van der Waals surface area contributed by atoms with Crippen LogP contribution in [0.1, 0.15) is 37.0 Å². The van der Waals surface area contributed by atoms with Gasteiger partial charge in [-0.05, 0) is 33.8 Å². The van der Waals surface area contributed by atoms with Gasteiger partial charge >= 0.3 is 0 Å². The molecule has 17 heavy (non-hydrogen) atoms. The van der Waals surface area contributed by atoms with Crippen molar-refractivity contribution in [2.45, 2.75) is 40.3 Å². The molecule has 0 fully saturated rings. The first kappa shape index (κ1) is 14.0. The Morgan fingerprint density at radius 2 is 2.24 bits per heavy atom. The van der Waals surface area contributed by atoms with Gasteiger partial charge in [-0.1, -0.05) is 0 Å². The summed E-state index contributed by atoms with van der Waals surface area (Å²) in [6, 6.07) is 1.97. The van der Waals surface area contributed by atoms with E-state index in [4.69, 9.17) is 11.6 Å². The third kappa shape index (κ3) is 3.22. The normalized spacial score (nSPS) is 10.9. The summed E-state index contributed by atoms with van der Waals surface area (Å²) in [6.07, 6.45) is 0. The molecule has 1 heterocycles. The fraction of sp³-hybridized carbons (Fsp3) is 0.667. The third-order valence-electron chi connectivity index (χ3n) is 2.63. The van der Waals surface area contributed by atoms with Gasteiger partial charge in [0.05, 0.1) is 5.69 Å². The number of aryl methyl sites for hydroxylation is 2. The zero-order valence-electron chi connectivity index (χ0n) is 10.9. The number of alkyl halides is 1. The lowest BCUT2D eigenvalue weighted by Gasteiger charge is -2.25. The Hall–Kier alpha value is -1.03. The number of hydrogen-bond donors (Lipinski definition) is 0. The van der Waals surface area contributed by atoms with Crippen molar-refractivity contribution in [2.75, 3.05) is 12.4 Å². The van der Waals surface area contributed by atoms with Crippen molar-refractivity contribution in [3.05, 3.63) is 17.5 Å². The van der Waals surface area contributed by atoms with Crippen molar-refractivity contribution in [3.8, 4) is 0 Å².